The Bertz CT molecular complexity index is 437. The summed E-state index contributed by atoms with van der Waals surface area (Å²) in [5.74, 6) is -0.815. The van der Waals surface area contributed by atoms with Crippen molar-refractivity contribution < 1.29 is 9.18 Å². The topological polar surface area (TPSA) is 29.1 Å². The Morgan fingerprint density at radius 3 is 2.78 bits per heavy atom. The summed E-state index contributed by atoms with van der Waals surface area (Å²) in [5, 5.41) is 2.86. The lowest BCUT2D eigenvalue weighted by Crippen LogP contribution is -2.31. The van der Waals surface area contributed by atoms with Gasteiger partial charge in [-0.05, 0) is 52.7 Å². The van der Waals surface area contributed by atoms with E-state index >= 15 is 0 Å². The van der Waals surface area contributed by atoms with Crippen LogP contribution in [0.3, 0.4) is 0 Å². The molecule has 18 heavy (non-hydrogen) atoms. The van der Waals surface area contributed by atoms with E-state index in [-0.39, 0.29) is 16.9 Å². The molecule has 0 unspecified atom stereocenters. The Morgan fingerprint density at radius 2 is 2.22 bits per heavy atom. The third-order valence-corrected chi connectivity index (χ3v) is 4.21. The molecule has 0 bridgehead atoms. The first-order valence-electron chi connectivity index (χ1n) is 6.30. The van der Waals surface area contributed by atoms with Gasteiger partial charge in [-0.2, -0.15) is 0 Å². The molecule has 0 radical (unpaired) electrons. The lowest BCUT2D eigenvalue weighted by atomic mass is 10.0. The minimum Gasteiger partial charge on any atom is -0.351 e. The van der Waals surface area contributed by atoms with E-state index in [9.17, 15) is 9.18 Å². The summed E-state index contributed by atoms with van der Waals surface area (Å²) in [6.07, 6.45) is 4.59. The Labute approximate surface area is 115 Å². The van der Waals surface area contributed by atoms with Gasteiger partial charge in [0.1, 0.15) is 5.82 Å². The molecule has 0 spiro atoms. The zero-order valence-corrected chi connectivity index (χ0v) is 12.0. The van der Waals surface area contributed by atoms with Gasteiger partial charge in [-0.1, -0.05) is 19.4 Å². The fourth-order valence-electron chi connectivity index (χ4n) is 2.29. The van der Waals surface area contributed by atoms with Gasteiger partial charge in [0.15, 0.2) is 0 Å². The number of benzene rings is 1. The number of carbonyl (C=O) groups excluding carboxylic acids is 1. The molecule has 98 valence electrons. The first-order chi connectivity index (χ1) is 8.58. The van der Waals surface area contributed by atoms with E-state index in [1.54, 1.807) is 12.1 Å². The summed E-state index contributed by atoms with van der Waals surface area (Å²) in [6.45, 7) is 2.80. The number of hydrogen-bond acceptors (Lipinski definition) is 1. The van der Waals surface area contributed by atoms with E-state index in [0.717, 1.165) is 12.8 Å². The minimum absolute atomic E-state index is 0.102. The van der Waals surface area contributed by atoms with Gasteiger partial charge in [0.05, 0.1) is 5.56 Å². The summed E-state index contributed by atoms with van der Waals surface area (Å²) >= 11 is 3.21. The summed E-state index contributed by atoms with van der Waals surface area (Å²) in [4.78, 5) is 12.0. The van der Waals surface area contributed by atoms with Crippen LogP contribution < -0.4 is 5.32 Å². The highest BCUT2D eigenvalue weighted by Crippen LogP contribution is 2.48. The van der Waals surface area contributed by atoms with Crippen LogP contribution in [0.4, 0.5) is 4.39 Å². The molecule has 1 N–H and O–H groups in total. The number of hydrogen-bond donors (Lipinski definition) is 1. The molecule has 1 aliphatic rings. The molecule has 2 nitrogen and oxygen atoms in total. The number of carbonyl (C=O) groups is 1. The van der Waals surface area contributed by atoms with E-state index in [1.807, 2.05) is 0 Å². The smallest absolute Gasteiger partial charge is 0.255 e. The predicted octanol–water partition coefficient (Wildman–Crippen LogP) is 3.90. The molecular formula is C14H17BrFNO. The maximum atomic E-state index is 13.6. The van der Waals surface area contributed by atoms with Crippen LogP contribution in [0.15, 0.2) is 22.7 Å². The zero-order valence-electron chi connectivity index (χ0n) is 10.4. The summed E-state index contributed by atoms with van der Waals surface area (Å²) in [5.41, 5.74) is 0.382. The largest absolute Gasteiger partial charge is 0.351 e. The second kappa shape index (κ2) is 5.39. The molecule has 0 aliphatic heterocycles. The summed E-state index contributed by atoms with van der Waals surface area (Å²) < 4.78 is 14.1. The van der Waals surface area contributed by atoms with Gasteiger partial charge in [-0.25, -0.2) is 4.39 Å². The molecule has 0 saturated heterocycles. The molecule has 1 saturated carbocycles. The van der Waals surface area contributed by atoms with E-state index in [0.29, 0.717) is 11.0 Å². The van der Waals surface area contributed by atoms with Gasteiger partial charge in [0.2, 0.25) is 0 Å². The fraction of sp³-hybridized carbons (Fsp3) is 0.500. The van der Waals surface area contributed by atoms with E-state index in [2.05, 4.69) is 28.2 Å². The molecule has 1 amide bonds. The molecular weight excluding hydrogens is 297 g/mol. The Hall–Kier alpha value is -0.900. The van der Waals surface area contributed by atoms with E-state index in [1.165, 1.54) is 18.9 Å². The van der Waals surface area contributed by atoms with Crippen molar-refractivity contribution in [2.45, 2.75) is 32.6 Å². The van der Waals surface area contributed by atoms with Gasteiger partial charge in [-0.3, -0.25) is 4.79 Å². The van der Waals surface area contributed by atoms with Crippen molar-refractivity contribution in [2.24, 2.45) is 5.41 Å². The molecule has 4 heteroatoms. The van der Waals surface area contributed by atoms with E-state index < -0.39 is 5.82 Å². The lowest BCUT2D eigenvalue weighted by Gasteiger charge is -2.15. The van der Waals surface area contributed by atoms with Crippen LogP contribution in [-0.2, 0) is 0 Å². The molecule has 1 aromatic rings. The number of halogens is 2. The van der Waals surface area contributed by atoms with Crippen LogP contribution in [0.2, 0.25) is 0 Å². The maximum Gasteiger partial charge on any atom is 0.255 e. The van der Waals surface area contributed by atoms with Crippen molar-refractivity contribution in [2.75, 3.05) is 6.54 Å². The molecule has 0 aromatic heterocycles. The Morgan fingerprint density at radius 1 is 1.50 bits per heavy atom. The SMILES string of the molecule is CCCC1(CNC(=O)c2c(F)cccc2Br)CC1. The van der Waals surface area contributed by atoms with Crippen molar-refractivity contribution >= 4 is 21.8 Å². The highest BCUT2D eigenvalue weighted by atomic mass is 79.9. The van der Waals surface area contributed by atoms with Crippen molar-refractivity contribution in [3.63, 3.8) is 0 Å². The van der Waals surface area contributed by atoms with Crippen molar-refractivity contribution in [3.8, 4) is 0 Å². The quantitative estimate of drug-likeness (QED) is 0.877. The average Bonchev–Trinajstić information content (AvgIpc) is 3.07. The van der Waals surface area contributed by atoms with Gasteiger partial charge >= 0.3 is 0 Å². The second-order valence-corrected chi connectivity index (χ2v) is 5.88. The molecule has 1 aliphatic carbocycles. The minimum atomic E-state index is -0.484. The zero-order chi connectivity index (χ0) is 13.2. The van der Waals surface area contributed by atoms with Gasteiger partial charge in [0, 0.05) is 11.0 Å². The average molecular weight is 314 g/mol. The second-order valence-electron chi connectivity index (χ2n) is 5.03. The van der Waals surface area contributed by atoms with E-state index in [4.69, 9.17) is 0 Å². The summed E-state index contributed by atoms with van der Waals surface area (Å²) in [6, 6.07) is 4.56. The maximum absolute atomic E-state index is 13.6. The van der Waals surface area contributed by atoms with Crippen molar-refractivity contribution in [3.05, 3.63) is 34.1 Å². The first kappa shape index (κ1) is 13.5. The van der Waals surface area contributed by atoms with Crippen molar-refractivity contribution in [1.29, 1.82) is 0 Å². The third kappa shape index (κ3) is 2.91. The van der Waals surface area contributed by atoms with Crippen LogP contribution in [0.1, 0.15) is 43.0 Å². The Balaban J connectivity index is 2.00. The first-order valence-corrected chi connectivity index (χ1v) is 7.09. The summed E-state index contributed by atoms with van der Waals surface area (Å²) in [7, 11) is 0. The monoisotopic (exact) mass is 313 g/mol. The van der Waals surface area contributed by atoms with Crippen LogP contribution in [0.25, 0.3) is 0 Å². The van der Waals surface area contributed by atoms with Crippen LogP contribution in [-0.4, -0.2) is 12.5 Å². The highest BCUT2D eigenvalue weighted by Gasteiger charge is 2.41. The number of nitrogens with one attached hydrogen (secondary N) is 1. The van der Waals surface area contributed by atoms with Gasteiger partial charge in [0.25, 0.3) is 5.91 Å². The molecule has 0 atom stereocenters. The molecule has 1 fully saturated rings. The van der Waals surface area contributed by atoms with Crippen LogP contribution in [0, 0.1) is 11.2 Å². The molecule has 2 rings (SSSR count). The van der Waals surface area contributed by atoms with Gasteiger partial charge in [-0.15, -0.1) is 0 Å². The van der Waals surface area contributed by atoms with Gasteiger partial charge < -0.3 is 5.32 Å². The Kier molecular flexibility index (Phi) is 4.05. The van der Waals surface area contributed by atoms with Crippen molar-refractivity contribution in [1.82, 2.24) is 5.32 Å². The fourth-order valence-corrected chi connectivity index (χ4v) is 2.82. The van der Waals surface area contributed by atoms with Crippen LogP contribution in [0.5, 0.6) is 0 Å². The highest BCUT2D eigenvalue weighted by molar-refractivity contribution is 9.10. The third-order valence-electron chi connectivity index (χ3n) is 3.55. The molecule has 0 heterocycles. The standard InChI is InChI=1S/C14H17BrFNO/c1-2-6-14(7-8-14)9-17-13(18)12-10(15)4-3-5-11(12)16/h3-5H,2,6-9H2,1H3,(H,17,18). The number of amides is 1. The van der Waals surface area contributed by atoms with Crippen LogP contribution >= 0.6 is 15.9 Å². The predicted molar refractivity (Wildman–Crippen MR) is 73.0 cm³/mol. The number of rotatable bonds is 5. The molecule has 1 aromatic carbocycles. The normalized spacial score (nSPS) is 16.4. The lowest BCUT2D eigenvalue weighted by molar-refractivity contribution is 0.0939.